The number of rotatable bonds is 5. The van der Waals surface area contributed by atoms with Crippen molar-refractivity contribution >= 4 is 29.3 Å². The molecule has 0 spiro atoms. The minimum atomic E-state index is -0.690. The van der Waals surface area contributed by atoms with E-state index in [1.165, 1.54) is 12.1 Å². The van der Waals surface area contributed by atoms with Crippen LogP contribution in [-0.2, 0) is 14.3 Å². The molecule has 126 valence electrons. The van der Waals surface area contributed by atoms with Crippen molar-refractivity contribution in [3.8, 4) is 0 Å². The summed E-state index contributed by atoms with van der Waals surface area (Å²) in [6.07, 6.45) is 0.332. The topological polar surface area (TPSA) is 80.8 Å². The van der Waals surface area contributed by atoms with Gasteiger partial charge in [-0.2, -0.15) is 0 Å². The fourth-order valence-corrected chi connectivity index (χ4v) is 2.56. The zero-order valence-electron chi connectivity index (χ0n) is 13.3. The average molecular weight is 337 g/mol. The lowest BCUT2D eigenvalue weighted by Crippen LogP contribution is -2.28. The molecule has 2 amide bonds. The number of carbonyl (C=O) groups excluding carboxylic acids is 4. The fourth-order valence-electron chi connectivity index (χ4n) is 2.56. The maximum Gasteiger partial charge on any atom is 0.338 e. The summed E-state index contributed by atoms with van der Waals surface area (Å²) in [7, 11) is 0. The highest BCUT2D eigenvalue weighted by molar-refractivity contribution is 6.20. The lowest BCUT2D eigenvalue weighted by atomic mass is 10.1. The van der Waals surface area contributed by atoms with Crippen molar-refractivity contribution in [2.45, 2.75) is 12.8 Å². The van der Waals surface area contributed by atoms with Crippen LogP contribution in [0.4, 0.5) is 5.69 Å². The Bertz CT molecular complexity index is 828. The number of hydrogen-bond acceptors (Lipinski definition) is 5. The van der Waals surface area contributed by atoms with Gasteiger partial charge in [-0.3, -0.25) is 19.3 Å². The molecule has 0 unspecified atom stereocenters. The summed E-state index contributed by atoms with van der Waals surface area (Å²) in [6, 6.07) is 14.6. The molecule has 0 radical (unpaired) electrons. The maximum absolute atomic E-state index is 12.1. The van der Waals surface area contributed by atoms with Crippen LogP contribution in [0.5, 0.6) is 0 Å². The first-order valence-corrected chi connectivity index (χ1v) is 7.77. The normalized spacial score (nSPS) is 13.8. The number of imide groups is 1. The van der Waals surface area contributed by atoms with E-state index >= 15 is 0 Å². The van der Waals surface area contributed by atoms with Gasteiger partial charge in [-0.15, -0.1) is 0 Å². The van der Waals surface area contributed by atoms with Crippen molar-refractivity contribution in [3.05, 3.63) is 65.7 Å². The second kappa shape index (κ2) is 7.09. The van der Waals surface area contributed by atoms with E-state index in [0.29, 0.717) is 11.3 Å². The van der Waals surface area contributed by atoms with E-state index in [1.54, 1.807) is 42.5 Å². The lowest BCUT2D eigenvalue weighted by Gasteiger charge is -2.14. The number of esters is 1. The third kappa shape index (κ3) is 3.63. The number of carbonyl (C=O) groups is 4. The SMILES string of the molecule is O=C(COC(=O)c1cccc(N2C(=O)CCC2=O)c1)c1ccccc1. The quantitative estimate of drug-likeness (QED) is 0.475. The van der Waals surface area contributed by atoms with E-state index in [9.17, 15) is 19.2 Å². The van der Waals surface area contributed by atoms with Crippen molar-refractivity contribution < 1.29 is 23.9 Å². The number of ether oxygens (including phenoxy) is 1. The summed E-state index contributed by atoms with van der Waals surface area (Å²) in [4.78, 5) is 48.7. The molecule has 0 aliphatic carbocycles. The Hall–Kier alpha value is -3.28. The molecule has 1 aliphatic heterocycles. The van der Waals surface area contributed by atoms with Gasteiger partial charge in [0.2, 0.25) is 11.8 Å². The Morgan fingerprint density at radius 2 is 1.52 bits per heavy atom. The summed E-state index contributed by atoms with van der Waals surface area (Å²) in [5.74, 6) is -1.59. The number of nitrogens with zero attached hydrogens (tertiary/aromatic N) is 1. The zero-order valence-corrected chi connectivity index (χ0v) is 13.3. The van der Waals surface area contributed by atoms with Crippen LogP contribution in [0.15, 0.2) is 54.6 Å². The predicted molar refractivity (Wildman–Crippen MR) is 89.2 cm³/mol. The Morgan fingerprint density at radius 3 is 2.20 bits per heavy atom. The Kier molecular flexibility index (Phi) is 4.70. The van der Waals surface area contributed by atoms with Crippen molar-refractivity contribution in [3.63, 3.8) is 0 Å². The summed E-state index contributed by atoms with van der Waals surface area (Å²) >= 11 is 0. The first-order chi connectivity index (χ1) is 12.1. The first kappa shape index (κ1) is 16.6. The van der Waals surface area contributed by atoms with Crippen LogP contribution in [0.2, 0.25) is 0 Å². The standard InChI is InChI=1S/C19H15NO5/c21-16(13-5-2-1-3-6-13)12-25-19(24)14-7-4-8-15(11-14)20-17(22)9-10-18(20)23/h1-8,11H,9-10,12H2. The van der Waals surface area contributed by atoms with Gasteiger partial charge in [0.25, 0.3) is 0 Å². The second-order valence-corrected chi connectivity index (χ2v) is 5.54. The van der Waals surface area contributed by atoms with E-state index in [1.807, 2.05) is 0 Å². The highest BCUT2D eigenvalue weighted by atomic mass is 16.5. The molecule has 6 heteroatoms. The van der Waals surface area contributed by atoms with Gasteiger partial charge in [0.1, 0.15) is 0 Å². The molecule has 0 N–H and O–H groups in total. The molecular formula is C19H15NO5. The van der Waals surface area contributed by atoms with E-state index in [-0.39, 0.29) is 42.6 Å². The van der Waals surface area contributed by atoms with Crippen LogP contribution < -0.4 is 4.90 Å². The van der Waals surface area contributed by atoms with Gasteiger partial charge in [-0.05, 0) is 18.2 Å². The lowest BCUT2D eigenvalue weighted by molar-refractivity contribution is -0.121. The largest absolute Gasteiger partial charge is 0.454 e. The Balaban J connectivity index is 1.69. The molecule has 3 rings (SSSR count). The number of anilines is 1. The van der Waals surface area contributed by atoms with Crippen LogP contribution in [0.3, 0.4) is 0 Å². The fraction of sp³-hybridized carbons (Fsp3) is 0.158. The minimum absolute atomic E-state index is 0.166. The molecule has 0 saturated carbocycles. The summed E-state index contributed by atoms with van der Waals surface area (Å²) in [5.41, 5.74) is 0.958. The number of amides is 2. The van der Waals surface area contributed by atoms with Crippen LogP contribution in [0.25, 0.3) is 0 Å². The summed E-state index contributed by atoms with van der Waals surface area (Å²) in [6.45, 7) is -0.380. The smallest absolute Gasteiger partial charge is 0.338 e. The highest BCUT2D eigenvalue weighted by Crippen LogP contribution is 2.23. The molecule has 25 heavy (non-hydrogen) atoms. The monoisotopic (exact) mass is 337 g/mol. The van der Waals surface area contributed by atoms with Gasteiger partial charge in [-0.25, -0.2) is 4.79 Å². The van der Waals surface area contributed by atoms with Crippen molar-refractivity contribution in [2.75, 3.05) is 11.5 Å². The molecule has 0 atom stereocenters. The number of benzene rings is 2. The van der Waals surface area contributed by atoms with Gasteiger partial charge in [0, 0.05) is 18.4 Å². The van der Waals surface area contributed by atoms with Gasteiger partial charge in [0.05, 0.1) is 11.3 Å². The Morgan fingerprint density at radius 1 is 0.880 bits per heavy atom. The van der Waals surface area contributed by atoms with Crippen molar-refractivity contribution in [1.82, 2.24) is 0 Å². The van der Waals surface area contributed by atoms with Gasteiger partial charge < -0.3 is 4.74 Å². The van der Waals surface area contributed by atoms with Gasteiger partial charge >= 0.3 is 5.97 Å². The van der Waals surface area contributed by atoms with Crippen LogP contribution in [0.1, 0.15) is 33.6 Å². The number of ketones is 1. The Labute approximate surface area is 144 Å². The minimum Gasteiger partial charge on any atom is -0.454 e. The first-order valence-electron chi connectivity index (χ1n) is 7.77. The maximum atomic E-state index is 12.1. The third-order valence-corrected chi connectivity index (χ3v) is 3.82. The van der Waals surface area contributed by atoms with Crippen LogP contribution in [0, 0.1) is 0 Å². The van der Waals surface area contributed by atoms with Crippen LogP contribution >= 0.6 is 0 Å². The number of Topliss-reactive ketones (excluding diaryl/α,β-unsaturated/α-hetero) is 1. The molecular weight excluding hydrogens is 322 g/mol. The van der Waals surface area contributed by atoms with E-state index in [4.69, 9.17) is 4.74 Å². The van der Waals surface area contributed by atoms with Crippen LogP contribution in [-0.4, -0.2) is 30.2 Å². The molecule has 1 fully saturated rings. The number of hydrogen-bond donors (Lipinski definition) is 0. The van der Waals surface area contributed by atoms with Crippen molar-refractivity contribution in [1.29, 1.82) is 0 Å². The molecule has 2 aromatic rings. The average Bonchev–Trinajstić information content (AvgIpc) is 2.98. The van der Waals surface area contributed by atoms with E-state index in [0.717, 1.165) is 4.90 Å². The van der Waals surface area contributed by atoms with E-state index in [2.05, 4.69) is 0 Å². The molecule has 6 nitrogen and oxygen atoms in total. The predicted octanol–water partition coefficient (Wildman–Crippen LogP) is 2.38. The third-order valence-electron chi connectivity index (χ3n) is 3.82. The molecule has 0 aromatic heterocycles. The second-order valence-electron chi connectivity index (χ2n) is 5.54. The molecule has 1 aliphatic rings. The van der Waals surface area contributed by atoms with E-state index < -0.39 is 5.97 Å². The summed E-state index contributed by atoms with van der Waals surface area (Å²) < 4.78 is 5.04. The molecule has 1 heterocycles. The molecule has 1 saturated heterocycles. The zero-order chi connectivity index (χ0) is 17.8. The van der Waals surface area contributed by atoms with Gasteiger partial charge in [-0.1, -0.05) is 36.4 Å². The van der Waals surface area contributed by atoms with Crippen molar-refractivity contribution in [2.24, 2.45) is 0 Å². The summed E-state index contributed by atoms with van der Waals surface area (Å²) in [5, 5.41) is 0. The molecule has 0 bridgehead atoms. The molecule has 2 aromatic carbocycles. The van der Waals surface area contributed by atoms with Gasteiger partial charge in [0.15, 0.2) is 12.4 Å². The highest BCUT2D eigenvalue weighted by Gasteiger charge is 2.30.